The lowest BCUT2D eigenvalue weighted by molar-refractivity contribution is 0.0785. The molecule has 1 amide bonds. The molecular formula is C15H14Cl2N2O. The fourth-order valence-corrected chi connectivity index (χ4v) is 2.21. The lowest BCUT2D eigenvalue weighted by Gasteiger charge is -2.18. The van der Waals surface area contributed by atoms with Crippen molar-refractivity contribution in [2.75, 3.05) is 12.8 Å². The van der Waals surface area contributed by atoms with Gasteiger partial charge in [0.2, 0.25) is 0 Å². The van der Waals surface area contributed by atoms with Gasteiger partial charge in [0.05, 0.1) is 10.6 Å². The van der Waals surface area contributed by atoms with Gasteiger partial charge in [0, 0.05) is 24.3 Å². The van der Waals surface area contributed by atoms with Crippen LogP contribution < -0.4 is 5.73 Å². The maximum atomic E-state index is 12.3. The molecular weight excluding hydrogens is 295 g/mol. The van der Waals surface area contributed by atoms with Crippen molar-refractivity contribution in [3.63, 3.8) is 0 Å². The van der Waals surface area contributed by atoms with Gasteiger partial charge in [-0.2, -0.15) is 0 Å². The van der Waals surface area contributed by atoms with Crippen molar-refractivity contribution in [3.8, 4) is 0 Å². The number of rotatable bonds is 3. The predicted octanol–water partition coefficient (Wildman–Crippen LogP) is 3.85. The summed E-state index contributed by atoms with van der Waals surface area (Å²) in [7, 11) is 1.72. The Balaban J connectivity index is 2.16. The average molecular weight is 309 g/mol. The van der Waals surface area contributed by atoms with E-state index >= 15 is 0 Å². The van der Waals surface area contributed by atoms with Crippen LogP contribution in [-0.4, -0.2) is 17.9 Å². The molecule has 3 nitrogen and oxygen atoms in total. The van der Waals surface area contributed by atoms with Gasteiger partial charge in [0.15, 0.2) is 0 Å². The van der Waals surface area contributed by atoms with Crippen LogP contribution in [0.3, 0.4) is 0 Å². The molecule has 0 fully saturated rings. The largest absolute Gasteiger partial charge is 0.399 e. The molecule has 0 saturated carbocycles. The zero-order valence-electron chi connectivity index (χ0n) is 10.9. The Kier molecular flexibility index (Phi) is 4.53. The molecule has 2 rings (SSSR count). The molecule has 2 aromatic rings. The minimum absolute atomic E-state index is 0.172. The van der Waals surface area contributed by atoms with Crippen molar-refractivity contribution in [2.45, 2.75) is 6.54 Å². The molecule has 0 aliphatic carbocycles. The van der Waals surface area contributed by atoms with E-state index in [1.165, 1.54) is 0 Å². The van der Waals surface area contributed by atoms with Gasteiger partial charge in [-0.1, -0.05) is 35.3 Å². The summed E-state index contributed by atoms with van der Waals surface area (Å²) in [5, 5.41) is 0.877. The summed E-state index contributed by atoms with van der Waals surface area (Å²) in [6.45, 7) is 0.474. The Hall–Kier alpha value is -1.71. The van der Waals surface area contributed by atoms with Crippen molar-refractivity contribution in [1.82, 2.24) is 4.90 Å². The number of nitrogen functional groups attached to an aromatic ring is 1. The minimum atomic E-state index is -0.172. The average Bonchev–Trinajstić information content (AvgIpc) is 2.43. The summed E-state index contributed by atoms with van der Waals surface area (Å²) in [4.78, 5) is 13.9. The first-order valence-electron chi connectivity index (χ1n) is 6.02. The maximum Gasteiger partial charge on any atom is 0.255 e. The third kappa shape index (κ3) is 3.44. The van der Waals surface area contributed by atoms with Gasteiger partial charge in [-0.15, -0.1) is 0 Å². The molecule has 104 valence electrons. The molecule has 0 unspecified atom stereocenters. The van der Waals surface area contributed by atoms with E-state index in [0.717, 1.165) is 5.56 Å². The summed E-state index contributed by atoms with van der Waals surface area (Å²) in [6.07, 6.45) is 0. The first kappa shape index (κ1) is 14.7. The molecule has 0 radical (unpaired) electrons. The Labute approximate surface area is 127 Å². The van der Waals surface area contributed by atoms with Crippen LogP contribution in [0.15, 0.2) is 42.5 Å². The predicted molar refractivity (Wildman–Crippen MR) is 83.1 cm³/mol. The third-order valence-corrected chi connectivity index (χ3v) is 3.47. The standard InChI is InChI=1S/C15H14Cl2N2O/c1-19(9-10-2-5-12(18)6-3-10)15(20)13-8-11(16)4-7-14(13)17/h2-8H,9,18H2,1H3. The highest BCUT2D eigenvalue weighted by molar-refractivity contribution is 6.35. The Morgan fingerprint density at radius 1 is 1.15 bits per heavy atom. The van der Waals surface area contributed by atoms with Crippen LogP contribution in [0.5, 0.6) is 0 Å². The van der Waals surface area contributed by atoms with Crippen LogP contribution in [0, 0.1) is 0 Å². The van der Waals surface area contributed by atoms with E-state index in [9.17, 15) is 4.79 Å². The van der Waals surface area contributed by atoms with Gasteiger partial charge in [-0.25, -0.2) is 0 Å². The quantitative estimate of drug-likeness (QED) is 0.875. The van der Waals surface area contributed by atoms with Crippen molar-refractivity contribution >= 4 is 34.8 Å². The van der Waals surface area contributed by atoms with E-state index in [1.807, 2.05) is 12.1 Å². The van der Waals surface area contributed by atoms with E-state index in [-0.39, 0.29) is 5.91 Å². The fraction of sp³-hybridized carbons (Fsp3) is 0.133. The molecule has 2 N–H and O–H groups in total. The molecule has 0 aliphatic heterocycles. The van der Waals surface area contributed by atoms with Crippen molar-refractivity contribution in [1.29, 1.82) is 0 Å². The number of anilines is 1. The number of carbonyl (C=O) groups is 1. The van der Waals surface area contributed by atoms with E-state index in [4.69, 9.17) is 28.9 Å². The summed E-state index contributed by atoms with van der Waals surface area (Å²) in [5.41, 5.74) is 7.72. The second-order valence-electron chi connectivity index (χ2n) is 4.53. The van der Waals surface area contributed by atoms with Crippen LogP contribution >= 0.6 is 23.2 Å². The van der Waals surface area contributed by atoms with Gasteiger partial charge in [0.1, 0.15) is 0 Å². The summed E-state index contributed by atoms with van der Waals surface area (Å²) >= 11 is 11.9. The molecule has 5 heteroatoms. The first-order valence-corrected chi connectivity index (χ1v) is 6.78. The first-order chi connectivity index (χ1) is 9.47. The second kappa shape index (κ2) is 6.16. The van der Waals surface area contributed by atoms with Crippen molar-refractivity contribution < 1.29 is 4.79 Å². The number of halogens is 2. The van der Waals surface area contributed by atoms with Crippen LogP contribution in [0.1, 0.15) is 15.9 Å². The van der Waals surface area contributed by atoms with Crippen LogP contribution in [0.25, 0.3) is 0 Å². The summed E-state index contributed by atoms with van der Waals surface area (Å²) in [5.74, 6) is -0.172. The SMILES string of the molecule is CN(Cc1ccc(N)cc1)C(=O)c1cc(Cl)ccc1Cl. The number of nitrogens with two attached hydrogens (primary N) is 1. The normalized spacial score (nSPS) is 10.3. The van der Waals surface area contributed by atoms with E-state index in [0.29, 0.717) is 27.8 Å². The summed E-state index contributed by atoms with van der Waals surface area (Å²) < 4.78 is 0. The molecule has 0 aromatic heterocycles. The maximum absolute atomic E-state index is 12.3. The Morgan fingerprint density at radius 2 is 1.80 bits per heavy atom. The second-order valence-corrected chi connectivity index (χ2v) is 5.37. The molecule has 20 heavy (non-hydrogen) atoms. The van der Waals surface area contributed by atoms with Crippen LogP contribution in [0.2, 0.25) is 10.0 Å². The van der Waals surface area contributed by atoms with Crippen molar-refractivity contribution in [3.05, 3.63) is 63.6 Å². The number of hydrogen-bond donors (Lipinski definition) is 1. The van der Waals surface area contributed by atoms with Gasteiger partial charge in [-0.3, -0.25) is 4.79 Å². The van der Waals surface area contributed by atoms with E-state index in [2.05, 4.69) is 0 Å². The van der Waals surface area contributed by atoms with E-state index in [1.54, 1.807) is 42.3 Å². The molecule has 0 spiro atoms. The van der Waals surface area contributed by atoms with Gasteiger partial charge >= 0.3 is 0 Å². The molecule has 0 saturated heterocycles. The number of carbonyl (C=O) groups excluding carboxylic acids is 1. The van der Waals surface area contributed by atoms with Gasteiger partial charge < -0.3 is 10.6 Å². The smallest absolute Gasteiger partial charge is 0.255 e. The lowest BCUT2D eigenvalue weighted by atomic mass is 10.1. The van der Waals surface area contributed by atoms with Crippen molar-refractivity contribution in [2.24, 2.45) is 0 Å². The zero-order chi connectivity index (χ0) is 14.7. The number of nitrogens with zero attached hydrogens (tertiary/aromatic N) is 1. The van der Waals surface area contributed by atoms with E-state index < -0.39 is 0 Å². The number of benzene rings is 2. The molecule has 0 aliphatic rings. The monoisotopic (exact) mass is 308 g/mol. The fourth-order valence-electron chi connectivity index (χ4n) is 1.84. The van der Waals surface area contributed by atoms with Gasteiger partial charge in [-0.05, 0) is 35.9 Å². The highest BCUT2D eigenvalue weighted by Gasteiger charge is 2.15. The Bertz CT molecular complexity index is 626. The van der Waals surface area contributed by atoms with Crippen LogP contribution in [0.4, 0.5) is 5.69 Å². The summed E-state index contributed by atoms with van der Waals surface area (Å²) in [6, 6.07) is 12.2. The third-order valence-electron chi connectivity index (χ3n) is 2.90. The zero-order valence-corrected chi connectivity index (χ0v) is 12.4. The van der Waals surface area contributed by atoms with Gasteiger partial charge in [0.25, 0.3) is 5.91 Å². The molecule has 0 bridgehead atoms. The highest BCUT2D eigenvalue weighted by atomic mass is 35.5. The highest BCUT2D eigenvalue weighted by Crippen LogP contribution is 2.22. The molecule has 0 heterocycles. The number of hydrogen-bond acceptors (Lipinski definition) is 2. The number of amides is 1. The minimum Gasteiger partial charge on any atom is -0.399 e. The van der Waals surface area contributed by atoms with Crippen LogP contribution in [-0.2, 0) is 6.54 Å². The molecule has 0 atom stereocenters. The lowest BCUT2D eigenvalue weighted by Crippen LogP contribution is -2.26. The molecule has 2 aromatic carbocycles. The Morgan fingerprint density at radius 3 is 2.45 bits per heavy atom. The topological polar surface area (TPSA) is 46.3 Å².